The maximum Gasteiger partial charge on any atom is 0.475 e. The summed E-state index contributed by atoms with van der Waals surface area (Å²) in [4.78, 5) is 0. The molecule has 0 amide bonds. The molecule has 9 heteroatoms. The number of rotatable bonds is 11. The molecule has 2 aliphatic rings. The van der Waals surface area contributed by atoms with E-state index in [2.05, 4.69) is 0 Å². The molecule has 166 valence electrons. The van der Waals surface area contributed by atoms with Crippen LogP contribution in [0, 0.1) is 5.41 Å². The molecule has 2 fully saturated rings. The van der Waals surface area contributed by atoms with Gasteiger partial charge in [-0.15, -0.1) is 0 Å². The van der Waals surface area contributed by atoms with Crippen molar-refractivity contribution in [2.75, 3.05) is 26.4 Å². The molecule has 1 saturated carbocycles. The molecule has 0 aromatic heterocycles. The van der Waals surface area contributed by atoms with E-state index < -0.39 is 20.8 Å². The van der Waals surface area contributed by atoms with Gasteiger partial charge in [-0.1, -0.05) is 47.0 Å². The van der Waals surface area contributed by atoms with Crippen molar-refractivity contribution in [3.8, 4) is 0 Å². The first-order chi connectivity index (χ1) is 13.2. The summed E-state index contributed by atoms with van der Waals surface area (Å²) in [6.45, 7) is 9.20. The van der Waals surface area contributed by atoms with E-state index in [4.69, 9.17) is 22.6 Å². The van der Waals surface area contributed by atoms with Crippen LogP contribution in [-0.2, 0) is 31.7 Å². The Morgan fingerprint density at radius 3 is 1.89 bits per heavy atom. The Labute approximate surface area is 170 Å². The lowest BCUT2D eigenvalue weighted by molar-refractivity contribution is -0.0378. The van der Waals surface area contributed by atoms with Gasteiger partial charge in [-0.25, -0.2) is 4.57 Å². The van der Waals surface area contributed by atoms with Crippen LogP contribution in [0.5, 0.6) is 0 Å². The van der Waals surface area contributed by atoms with Gasteiger partial charge in [-0.05, 0) is 38.5 Å². The van der Waals surface area contributed by atoms with Gasteiger partial charge in [0.25, 0.3) is 0 Å². The van der Waals surface area contributed by atoms with Crippen LogP contribution in [0.2, 0.25) is 0 Å². The molecule has 1 aliphatic heterocycles. The van der Waals surface area contributed by atoms with Crippen molar-refractivity contribution in [2.24, 2.45) is 5.41 Å². The lowest BCUT2D eigenvalue weighted by Crippen LogP contribution is -2.38. The first kappa shape index (κ1) is 24.5. The van der Waals surface area contributed by atoms with Crippen molar-refractivity contribution >= 4 is 15.4 Å². The van der Waals surface area contributed by atoms with Crippen molar-refractivity contribution in [1.82, 2.24) is 0 Å². The third-order valence-corrected chi connectivity index (χ3v) is 9.35. The van der Waals surface area contributed by atoms with Gasteiger partial charge in [0, 0.05) is 5.41 Å². The zero-order valence-corrected chi connectivity index (χ0v) is 19.7. The first-order valence-electron chi connectivity index (χ1n) is 10.7. The third kappa shape index (κ3) is 6.38. The van der Waals surface area contributed by atoms with E-state index in [0.717, 1.165) is 44.9 Å². The molecule has 0 aromatic rings. The molecular weight excluding hydrogens is 402 g/mol. The molecule has 0 radical (unpaired) electrons. The van der Waals surface area contributed by atoms with Crippen LogP contribution in [0.1, 0.15) is 85.5 Å². The SMILES string of the molecule is CCCCOP(=O)(OCCCC)C1(OP2(=O)OCC(C)(C)CO2)CCCCC1. The maximum absolute atomic E-state index is 14.0. The standard InChI is InChI=1S/C19H38O7P2/c1-5-7-14-22-27(20,23-15-8-6-2)19(12-10-9-11-13-19)26-28(21)24-16-18(3,4)17-25-28/h5-17H2,1-4H3. The summed E-state index contributed by atoms with van der Waals surface area (Å²) in [5.74, 6) is 0. The van der Waals surface area contributed by atoms with E-state index in [1.165, 1.54) is 0 Å². The number of phosphoric acid groups is 1. The zero-order chi connectivity index (χ0) is 20.7. The number of hydrogen-bond donors (Lipinski definition) is 0. The summed E-state index contributed by atoms with van der Waals surface area (Å²) in [6, 6.07) is 0. The molecule has 0 atom stereocenters. The molecule has 0 bridgehead atoms. The molecular formula is C19H38O7P2. The smallest absolute Gasteiger partial charge is 0.307 e. The van der Waals surface area contributed by atoms with E-state index in [-0.39, 0.29) is 18.6 Å². The van der Waals surface area contributed by atoms with Crippen LogP contribution >= 0.6 is 15.4 Å². The Bertz CT molecular complexity index is 545. The van der Waals surface area contributed by atoms with E-state index >= 15 is 0 Å². The minimum atomic E-state index is -3.83. The largest absolute Gasteiger partial charge is 0.475 e. The maximum atomic E-state index is 14.0. The van der Waals surface area contributed by atoms with Crippen molar-refractivity contribution in [1.29, 1.82) is 0 Å². The van der Waals surface area contributed by atoms with Crippen LogP contribution in [0.3, 0.4) is 0 Å². The normalized spacial score (nSPS) is 24.1. The lowest BCUT2D eigenvalue weighted by Gasteiger charge is -2.43. The van der Waals surface area contributed by atoms with Crippen LogP contribution in [-0.4, -0.2) is 31.8 Å². The van der Waals surface area contributed by atoms with Gasteiger partial charge in [-0.2, -0.15) is 0 Å². The third-order valence-electron chi connectivity index (χ3n) is 5.16. The Kier molecular flexibility index (Phi) is 9.22. The average molecular weight is 440 g/mol. The summed E-state index contributed by atoms with van der Waals surface area (Å²) >= 11 is 0. The quantitative estimate of drug-likeness (QED) is 0.262. The summed E-state index contributed by atoms with van der Waals surface area (Å²) in [5.41, 5.74) is -0.240. The van der Waals surface area contributed by atoms with Crippen molar-refractivity contribution in [2.45, 2.75) is 90.8 Å². The highest BCUT2D eigenvalue weighted by molar-refractivity contribution is 7.56. The zero-order valence-electron chi connectivity index (χ0n) is 17.9. The summed E-state index contributed by atoms with van der Waals surface area (Å²) in [6.07, 6.45) is 6.93. The van der Waals surface area contributed by atoms with E-state index in [1.54, 1.807) is 0 Å². The highest BCUT2D eigenvalue weighted by Gasteiger charge is 2.58. The minimum absolute atomic E-state index is 0.240. The van der Waals surface area contributed by atoms with Crippen LogP contribution in [0.25, 0.3) is 0 Å². The Morgan fingerprint density at radius 2 is 1.43 bits per heavy atom. The fraction of sp³-hybridized carbons (Fsp3) is 1.00. The van der Waals surface area contributed by atoms with Gasteiger partial charge in [-0.3, -0.25) is 18.1 Å². The van der Waals surface area contributed by atoms with Crippen LogP contribution < -0.4 is 0 Å². The molecule has 0 spiro atoms. The van der Waals surface area contributed by atoms with Gasteiger partial charge in [0.05, 0.1) is 26.4 Å². The topological polar surface area (TPSA) is 80.3 Å². The average Bonchev–Trinajstić information content (AvgIpc) is 2.66. The van der Waals surface area contributed by atoms with Crippen LogP contribution in [0.15, 0.2) is 0 Å². The van der Waals surface area contributed by atoms with Gasteiger partial charge in [0.15, 0.2) is 5.34 Å². The van der Waals surface area contributed by atoms with Crippen molar-refractivity contribution in [3.05, 3.63) is 0 Å². The molecule has 0 N–H and O–H groups in total. The highest BCUT2D eigenvalue weighted by atomic mass is 31.2. The molecule has 0 aromatic carbocycles. The first-order valence-corrected chi connectivity index (χ1v) is 13.7. The van der Waals surface area contributed by atoms with E-state index in [1.807, 2.05) is 27.7 Å². The number of hydrogen-bond acceptors (Lipinski definition) is 7. The molecule has 28 heavy (non-hydrogen) atoms. The van der Waals surface area contributed by atoms with E-state index in [0.29, 0.717) is 26.1 Å². The van der Waals surface area contributed by atoms with Crippen LogP contribution in [0.4, 0.5) is 0 Å². The monoisotopic (exact) mass is 440 g/mol. The van der Waals surface area contributed by atoms with Crippen molar-refractivity contribution < 1.29 is 31.7 Å². The summed E-state index contributed by atoms with van der Waals surface area (Å²) in [5, 5.41) is -1.27. The van der Waals surface area contributed by atoms with Crippen molar-refractivity contribution in [3.63, 3.8) is 0 Å². The Hall–Kier alpha value is 0.260. The minimum Gasteiger partial charge on any atom is -0.307 e. The lowest BCUT2D eigenvalue weighted by atomic mass is 9.97. The summed E-state index contributed by atoms with van der Waals surface area (Å²) in [7, 11) is -7.52. The molecule has 1 aliphatic carbocycles. The van der Waals surface area contributed by atoms with Gasteiger partial charge in [0.2, 0.25) is 0 Å². The van der Waals surface area contributed by atoms with Gasteiger partial charge in [0.1, 0.15) is 0 Å². The second-order valence-electron chi connectivity index (χ2n) is 8.63. The fourth-order valence-electron chi connectivity index (χ4n) is 3.30. The highest BCUT2D eigenvalue weighted by Crippen LogP contribution is 2.71. The second-order valence-corrected chi connectivity index (χ2v) is 12.5. The second kappa shape index (κ2) is 10.5. The molecule has 1 heterocycles. The summed E-state index contributed by atoms with van der Waals surface area (Å²) < 4.78 is 56.0. The molecule has 2 rings (SSSR count). The molecule has 1 saturated heterocycles. The Balaban J connectivity index is 2.25. The number of unbranched alkanes of at least 4 members (excludes halogenated alkanes) is 2. The van der Waals surface area contributed by atoms with Gasteiger partial charge >= 0.3 is 15.4 Å². The van der Waals surface area contributed by atoms with Gasteiger partial charge < -0.3 is 9.05 Å². The number of phosphoric ester groups is 1. The Morgan fingerprint density at radius 1 is 0.929 bits per heavy atom. The van der Waals surface area contributed by atoms with E-state index in [9.17, 15) is 9.13 Å². The molecule has 7 nitrogen and oxygen atoms in total. The fourth-order valence-corrected chi connectivity index (χ4v) is 7.94. The predicted molar refractivity (Wildman–Crippen MR) is 110 cm³/mol. The predicted octanol–water partition coefficient (Wildman–Crippen LogP) is 6.67. The molecule has 0 unspecified atom stereocenters.